The molecule has 4 nitrogen and oxygen atoms in total. The number of halogens is 1. The Morgan fingerprint density at radius 3 is 2.56 bits per heavy atom. The van der Waals surface area contributed by atoms with Crippen molar-refractivity contribution in [3.63, 3.8) is 0 Å². The molecule has 0 saturated carbocycles. The number of fused-ring (bicyclic) bond motifs is 1. The minimum Gasteiger partial charge on any atom is -0.304 e. The number of nitrogens with zero attached hydrogens (tertiary/aromatic N) is 2. The molecule has 0 saturated heterocycles. The zero-order valence-electron chi connectivity index (χ0n) is 13.7. The Labute approximate surface area is 155 Å². The van der Waals surface area contributed by atoms with Crippen LogP contribution in [0.5, 0.6) is 0 Å². The molecule has 0 spiro atoms. The van der Waals surface area contributed by atoms with Crippen molar-refractivity contribution in [2.75, 3.05) is 0 Å². The summed E-state index contributed by atoms with van der Waals surface area (Å²) in [5.41, 5.74) is 3.04. The first-order chi connectivity index (χ1) is 11.8. The zero-order valence-corrected chi connectivity index (χ0v) is 16.0. The fraction of sp³-hybridized carbons (Fsp3) is 0.167. The van der Waals surface area contributed by atoms with Crippen molar-refractivity contribution in [1.29, 1.82) is 0 Å². The molecule has 0 radical (unpaired) electrons. The first-order valence-electron chi connectivity index (χ1n) is 7.42. The van der Waals surface area contributed by atoms with Gasteiger partial charge in [0.2, 0.25) is 4.80 Å². The molecular weight excluding hydrogens is 376 g/mol. The fourth-order valence-electron chi connectivity index (χ4n) is 2.59. The topological polar surface area (TPSA) is 51.4 Å². The molecule has 0 unspecified atom stereocenters. The third-order valence-electron chi connectivity index (χ3n) is 3.67. The van der Waals surface area contributed by atoms with Gasteiger partial charge in [-0.1, -0.05) is 34.9 Å². The van der Waals surface area contributed by atoms with Crippen molar-refractivity contribution >= 4 is 43.2 Å². The van der Waals surface area contributed by atoms with Crippen molar-refractivity contribution in [3.8, 4) is 12.3 Å². The number of sulfonamides is 1. The molecule has 3 aromatic rings. The maximum absolute atomic E-state index is 12.6. The van der Waals surface area contributed by atoms with Gasteiger partial charge in [-0.3, -0.25) is 0 Å². The molecule has 0 N–H and O–H groups in total. The van der Waals surface area contributed by atoms with Gasteiger partial charge in [-0.25, -0.2) is 0 Å². The lowest BCUT2D eigenvalue weighted by Crippen LogP contribution is -2.16. The van der Waals surface area contributed by atoms with Crippen LogP contribution in [0.15, 0.2) is 45.7 Å². The second-order valence-electron chi connectivity index (χ2n) is 5.63. The van der Waals surface area contributed by atoms with Crippen LogP contribution >= 0.6 is 22.9 Å². The van der Waals surface area contributed by atoms with E-state index in [2.05, 4.69) is 16.4 Å². The molecule has 0 amide bonds. The van der Waals surface area contributed by atoms with Crippen LogP contribution < -0.4 is 4.80 Å². The summed E-state index contributed by atoms with van der Waals surface area (Å²) in [5.74, 6) is 2.57. The molecule has 0 aliphatic carbocycles. The minimum atomic E-state index is -3.85. The second-order valence-corrected chi connectivity index (χ2v) is 8.64. The standard InChI is InChI=1S/C18H15ClN2O2S2/c1-4-9-21-16-11-12(2)10-13(3)17(16)24-18(21)20-25(22,23)15-7-5-14(19)6-8-15/h1,5-8,10-11H,9H2,2-3H3/b20-18-. The summed E-state index contributed by atoms with van der Waals surface area (Å²) in [6.07, 6.45) is 5.48. The molecule has 0 aliphatic heterocycles. The van der Waals surface area contributed by atoms with Crippen molar-refractivity contribution in [3.05, 3.63) is 57.3 Å². The van der Waals surface area contributed by atoms with Crippen LogP contribution in [0.4, 0.5) is 0 Å². The SMILES string of the molecule is C#CCn1/c(=N/S(=O)(=O)c2ccc(Cl)cc2)sc2c(C)cc(C)cc21. The predicted molar refractivity (Wildman–Crippen MR) is 102 cm³/mol. The van der Waals surface area contributed by atoms with Gasteiger partial charge >= 0.3 is 0 Å². The van der Waals surface area contributed by atoms with E-state index in [1.54, 1.807) is 4.57 Å². The van der Waals surface area contributed by atoms with Gasteiger partial charge in [0.1, 0.15) is 0 Å². The average Bonchev–Trinajstić information content (AvgIpc) is 2.86. The van der Waals surface area contributed by atoms with E-state index in [1.807, 2.05) is 19.9 Å². The van der Waals surface area contributed by atoms with Gasteiger partial charge in [-0.15, -0.1) is 10.8 Å². The molecule has 1 aromatic heterocycles. The molecule has 3 rings (SSSR count). The van der Waals surface area contributed by atoms with E-state index >= 15 is 0 Å². The lowest BCUT2D eigenvalue weighted by atomic mass is 10.1. The number of rotatable bonds is 3. The summed E-state index contributed by atoms with van der Waals surface area (Å²) in [4.78, 5) is 0.450. The molecule has 1 heterocycles. The Bertz CT molecular complexity index is 1160. The first-order valence-corrected chi connectivity index (χ1v) is 10.1. The second kappa shape index (κ2) is 6.68. The summed E-state index contributed by atoms with van der Waals surface area (Å²) in [6, 6.07) is 9.97. The average molecular weight is 391 g/mol. The Morgan fingerprint density at radius 1 is 1.24 bits per heavy atom. The number of benzene rings is 2. The summed E-state index contributed by atoms with van der Waals surface area (Å²) < 4.78 is 32.0. The van der Waals surface area contributed by atoms with Crippen LogP contribution in [0, 0.1) is 26.2 Å². The molecule has 0 atom stereocenters. The number of thiazole rings is 1. The van der Waals surface area contributed by atoms with Crippen molar-refractivity contribution in [1.82, 2.24) is 4.57 Å². The highest BCUT2D eigenvalue weighted by Gasteiger charge is 2.15. The first kappa shape index (κ1) is 17.7. The Hall–Kier alpha value is -2.07. The number of hydrogen-bond acceptors (Lipinski definition) is 3. The van der Waals surface area contributed by atoms with E-state index in [-0.39, 0.29) is 11.4 Å². The maximum Gasteiger partial charge on any atom is 0.285 e. The monoisotopic (exact) mass is 390 g/mol. The maximum atomic E-state index is 12.6. The summed E-state index contributed by atoms with van der Waals surface area (Å²) in [5, 5.41) is 0.467. The third-order valence-corrected chi connectivity index (χ3v) is 6.55. The van der Waals surface area contributed by atoms with Crippen LogP contribution in [0.3, 0.4) is 0 Å². The highest BCUT2D eigenvalue weighted by molar-refractivity contribution is 7.90. The van der Waals surface area contributed by atoms with Gasteiger partial charge in [0, 0.05) is 5.02 Å². The Kier molecular flexibility index (Phi) is 4.74. The van der Waals surface area contributed by atoms with E-state index in [0.29, 0.717) is 9.82 Å². The highest BCUT2D eigenvalue weighted by Crippen LogP contribution is 2.24. The van der Waals surface area contributed by atoms with Crippen LogP contribution in [0.1, 0.15) is 11.1 Å². The van der Waals surface area contributed by atoms with Gasteiger partial charge in [-0.2, -0.15) is 8.42 Å². The molecular formula is C18H15ClN2O2S2. The molecule has 0 aliphatic rings. The Morgan fingerprint density at radius 2 is 1.92 bits per heavy atom. The van der Waals surface area contributed by atoms with Crippen LogP contribution in [-0.2, 0) is 16.6 Å². The smallest absolute Gasteiger partial charge is 0.285 e. The zero-order chi connectivity index (χ0) is 18.2. The number of hydrogen-bond donors (Lipinski definition) is 0. The van der Waals surface area contributed by atoms with Crippen LogP contribution in [0.2, 0.25) is 5.02 Å². The number of aryl methyl sites for hydroxylation is 2. The lowest BCUT2D eigenvalue weighted by Gasteiger charge is -2.03. The largest absolute Gasteiger partial charge is 0.304 e. The molecule has 128 valence electrons. The van der Waals surface area contributed by atoms with E-state index in [0.717, 1.165) is 21.3 Å². The number of terminal acetylenes is 1. The summed E-state index contributed by atoms with van der Waals surface area (Å²) in [7, 11) is -3.85. The summed E-state index contributed by atoms with van der Waals surface area (Å²) >= 11 is 7.14. The van der Waals surface area contributed by atoms with Gasteiger partial charge in [0.15, 0.2) is 0 Å². The minimum absolute atomic E-state index is 0.0921. The molecule has 2 aromatic carbocycles. The van der Waals surface area contributed by atoms with Gasteiger partial charge in [-0.05, 0) is 55.3 Å². The molecule has 7 heteroatoms. The van der Waals surface area contributed by atoms with E-state index in [1.165, 1.54) is 35.6 Å². The van der Waals surface area contributed by atoms with E-state index in [9.17, 15) is 8.42 Å². The van der Waals surface area contributed by atoms with Crippen LogP contribution in [0.25, 0.3) is 10.2 Å². The fourth-order valence-corrected chi connectivity index (χ4v) is 5.00. The third kappa shape index (κ3) is 3.49. The normalized spacial score (nSPS) is 12.5. The van der Waals surface area contributed by atoms with Gasteiger partial charge < -0.3 is 4.57 Å². The van der Waals surface area contributed by atoms with Crippen molar-refractivity contribution < 1.29 is 8.42 Å². The highest BCUT2D eigenvalue weighted by atomic mass is 35.5. The lowest BCUT2D eigenvalue weighted by molar-refractivity contribution is 0.596. The molecule has 0 fully saturated rings. The predicted octanol–water partition coefficient (Wildman–Crippen LogP) is 3.90. The van der Waals surface area contributed by atoms with Gasteiger partial charge in [0.05, 0.1) is 21.7 Å². The quantitative estimate of drug-likeness (QED) is 0.637. The van der Waals surface area contributed by atoms with Gasteiger partial charge in [0.25, 0.3) is 10.0 Å². The van der Waals surface area contributed by atoms with E-state index < -0.39 is 10.0 Å². The molecule has 25 heavy (non-hydrogen) atoms. The van der Waals surface area contributed by atoms with E-state index in [4.69, 9.17) is 18.0 Å². The molecule has 0 bridgehead atoms. The van der Waals surface area contributed by atoms with Crippen LogP contribution in [-0.4, -0.2) is 13.0 Å². The Balaban J connectivity index is 2.29. The van der Waals surface area contributed by atoms with Crippen molar-refractivity contribution in [2.24, 2.45) is 4.40 Å². The number of aromatic nitrogens is 1. The van der Waals surface area contributed by atoms with Crippen molar-refractivity contribution in [2.45, 2.75) is 25.3 Å². The summed E-state index contributed by atoms with van der Waals surface area (Å²) in [6.45, 7) is 4.23.